The van der Waals surface area contributed by atoms with Crippen molar-refractivity contribution in [1.82, 2.24) is 4.90 Å². The Hall–Kier alpha value is -2.56. The van der Waals surface area contributed by atoms with Crippen LogP contribution in [-0.2, 0) is 4.79 Å². The van der Waals surface area contributed by atoms with E-state index in [4.69, 9.17) is 4.42 Å². The second-order valence-corrected chi connectivity index (χ2v) is 5.01. The fraction of sp³-hybridized carbons (Fsp3) is 0.250. The Kier molecular flexibility index (Phi) is 4.42. The topological polar surface area (TPSA) is 62.6 Å². The van der Waals surface area contributed by atoms with Gasteiger partial charge in [-0.05, 0) is 43.2 Å². The van der Waals surface area contributed by atoms with Crippen LogP contribution >= 0.6 is 0 Å². The van der Waals surface area contributed by atoms with Crippen LogP contribution in [-0.4, -0.2) is 30.3 Å². The van der Waals surface area contributed by atoms with Gasteiger partial charge >= 0.3 is 0 Å². The normalized spacial score (nSPS) is 10.2. The molecule has 110 valence electrons. The van der Waals surface area contributed by atoms with Gasteiger partial charge in [0.15, 0.2) is 5.76 Å². The van der Waals surface area contributed by atoms with Gasteiger partial charge in [0.2, 0.25) is 5.91 Å². The Morgan fingerprint density at radius 3 is 2.67 bits per heavy atom. The smallest absolute Gasteiger partial charge is 0.289 e. The van der Waals surface area contributed by atoms with E-state index in [1.165, 1.54) is 11.2 Å². The van der Waals surface area contributed by atoms with E-state index >= 15 is 0 Å². The number of rotatable bonds is 4. The molecule has 0 saturated carbocycles. The standard InChI is InChI=1S/C16H18N2O3/c1-11-6-7-12(2)13(9-11)17-15(19)10-18(3)16(20)14-5-4-8-21-14/h4-9H,10H2,1-3H3,(H,17,19). The number of nitrogens with zero attached hydrogens (tertiary/aromatic N) is 1. The quantitative estimate of drug-likeness (QED) is 0.939. The van der Waals surface area contributed by atoms with Gasteiger partial charge in [-0.1, -0.05) is 12.1 Å². The number of anilines is 1. The van der Waals surface area contributed by atoms with Crippen LogP contribution in [0.15, 0.2) is 41.0 Å². The first-order valence-electron chi connectivity index (χ1n) is 6.63. The molecule has 2 rings (SSSR count). The third-order valence-corrected chi connectivity index (χ3v) is 3.13. The monoisotopic (exact) mass is 286 g/mol. The van der Waals surface area contributed by atoms with Crippen LogP contribution < -0.4 is 5.32 Å². The highest BCUT2D eigenvalue weighted by molar-refractivity contribution is 5.98. The lowest BCUT2D eigenvalue weighted by molar-refractivity contribution is -0.116. The van der Waals surface area contributed by atoms with Crippen LogP contribution in [0, 0.1) is 13.8 Å². The third-order valence-electron chi connectivity index (χ3n) is 3.13. The maximum Gasteiger partial charge on any atom is 0.289 e. The van der Waals surface area contributed by atoms with Gasteiger partial charge in [0.1, 0.15) is 0 Å². The Morgan fingerprint density at radius 2 is 2.00 bits per heavy atom. The van der Waals surface area contributed by atoms with Crippen molar-refractivity contribution in [3.8, 4) is 0 Å². The molecule has 0 unspecified atom stereocenters. The summed E-state index contributed by atoms with van der Waals surface area (Å²) in [5, 5.41) is 2.82. The Bertz CT molecular complexity index is 648. The largest absolute Gasteiger partial charge is 0.459 e. The van der Waals surface area contributed by atoms with E-state index in [0.717, 1.165) is 16.8 Å². The van der Waals surface area contributed by atoms with Gasteiger partial charge in [-0.3, -0.25) is 9.59 Å². The molecule has 0 bridgehead atoms. The first-order valence-corrected chi connectivity index (χ1v) is 6.63. The Morgan fingerprint density at radius 1 is 1.24 bits per heavy atom. The van der Waals surface area contributed by atoms with Gasteiger partial charge in [0.05, 0.1) is 12.8 Å². The van der Waals surface area contributed by atoms with E-state index in [-0.39, 0.29) is 24.1 Å². The number of furan rings is 1. The molecule has 1 N–H and O–H groups in total. The van der Waals surface area contributed by atoms with Crippen LogP contribution in [0.1, 0.15) is 21.7 Å². The maximum atomic E-state index is 12.0. The molecule has 0 fully saturated rings. The number of carbonyl (C=O) groups excluding carboxylic acids is 2. The summed E-state index contributed by atoms with van der Waals surface area (Å²) in [4.78, 5) is 25.3. The number of amides is 2. The molecule has 0 aliphatic rings. The summed E-state index contributed by atoms with van der Waals surface area (Å²) in [5.74, 6) is -0.348. The molecule has 2 aromatic rings. The summed E-state index contributed by atoms with van der Waals surface area (Å²) in [6.45, 7) is 3.85. The predicted octanol–water partition coefficient (Wildman–Crippen LogP) is 2.61. The molecule has 0 aliphatic heterocycles. The SMILES string of the molecule is Cc1ccc(C)c(NC(=O)CN(C)C(=O)c2ccco2)c1. The first kappa shape index (κ1) is 14.8. The second-order valence-electron chi connectivity index (χ2n) is 5.01. The molecule has 5 nitrogen and oxygen atoms in total. The average molecular weight is 286 g/mol. The Labute approximate surface area is 123 Å². The van der Waals surface area contributed by atoms with E-state index < -0.39 is 0 Å². The minimum Gasteiger partial charge on any atom is -0.459 e. The van der Waals surface area contributed by atoms with Gasteiger partial charge in [-0.25, -0.2) is 0 Å². The molecule has 21 heavy (non-hydrogen) atoms. The summed E-state index contributed by atoms with van der Waals surface area (Å²) in [5.41, 5.74) is 2.81. The minimum absolute atomic E-state index is 0.0348. The highest BCUT2D eigenvalue weighted by Crippen LogP contribution is 2.16. The van der Waals surface area contributed by atoms with E-state index in [1.54, 1.807) is 19.2 Å². The van der Waals surface area contributed by atoms with Crippen LogP contribution in [0.3, 0.4) is 0 Å². The van der Waals surface area contributed by atoms with Crippen molar-refractivity contribution in [2.24, 2.45) is 0 Å². The van der Waals surface area contributed by atoms with E-state index in [0.29, 0.717) is 0 Å². The fourth-order valence-corrected chi connectivity index (χ4v) is 1.94. The zero-order valence-electron chi connectivity index (χ0n) is 12.3. The third kappa shape index (κ3) is 3.72. The van der Waals surface area contributed by atoms with Gasteiger partial charge in [0.25, 0.3) is 5.91 Å². The number of likely N-dealkylation sites (N-methyl/N-ethyl adjacent to an activating group) is 1. The summed E-state index contributed by atoms with van der Waals surface area (Å²) >= 11 is 0. The average Bonchev–Trinajstić information content (AvgIpc) is 2.96. The molecule has 0 radical (unpaired) electrons. The highest BCUT2D eigenvalue weighted by atomic mass is 16.3. The van der Waals surface area contributed by atoms with Gasteiger partial charge in [-0.15, -0.1) is 0 Å². The van der Waals surface area contributed by atoms with E-state index in [9.17, 15) is 9.59 Å². The first-order chi connectivity index (χ1) is 9.97. The predicted molar refractivity (Wildman–Crippen MR) is 80.2 cm³/mol. The zero-order valence-corrected chi connectivity index (χ0v) is 12.3. The molecular weight excluding hydrogens is 268 g/mol. The molecule has 1 heterocycles. The van der Waals surface area contributed by atoms with Crippen molar-refractivity contribution in [1.29, 1.82) is 0 Å². The summed E-state index contributed by atoms with van der Waals surface area (Å²) in [6, 6.07) is 9.04. The van der Waals surface area contributed by atoms with Gasteiger partial charge in [-0.2, -0.15) is 0 Å². The minimum atomic E-state index is -0.323. The molecule has 0 saturated heterocycles. The second kappa shape index (κ2) is 6.26. The lowest BCUT2D eigenvalue weighted by atomic mass is 10.1. The maximum absolute atomic E-state index is 12.0. The molecule has 0 spiro atoms. The molecule has 0 aliphatic carbocycles. The van der Waals surface area contributed by atoms with Crippen molar-refractivity contribution in [3.05, 3.63) is 53.5 Å². The summed E-state index contributed by atoms with van der Waals surface area (Å²) < 4.78 is 5.03. The number of hydrogen-bond donors (Lipinski definition) is 1. The number of nitrogens with one attached hydrogen (secondary N) is 1. The molecule has 5 heteroatoms. The van der Waals surface area contributed by atoms with Crippen molar-refractivity contribution in [2.45, 2.75) is 13.8 Å². The summed E-state index contributed by atoms with van der Waals surface area (Å²) in [7, 11) is 1.56. The van der Waals surface area contributed by atoms with Crippen LogP contribution in [0.5, 0.6) is 0 Å². The molecular formula is C16H18N2O3. The van der Waals surface area contributed by atoms with E-state index in [1.807, 2.05) is 32.0 Å². The van der Waals surface area contributed by atoms with Crippen LogP contribution in [0.4, 0.5) is 5.69 Å². The molecule has 1 aromatic carbocycles. The Balaban J connectivity index is 1.98. The van der Waals surface area contributed by atoms with Crippen molar-refractivity contribution < 1.29 is 14.0 Å². The van der Waals surface area contributed by atoms with Crippen molar-refractivity contribution in [2.75, 3.05) is 18.9 Å². The lowest BCUT2D eigenvalue weighted by Crippen LogP contribution is -2.34. The number of carbonyl (C=O) groups is 2. The van der Waals surface area contributed by atoms with Crippen LogP contribution in [0.25, 0.3) is 0 Å². The number of aryl methyl sites for hydroxylation is 2. The fourth-order valence-electron chi connectivity index (χ4n) is 1.94. The highest BCUT2D eigenvalue weighted by Gasteiger charge is 2.17. The molecule has 0 atom stereocenters. The lowest BCUT2D eigenvalue weighted by Gasteiger charge is -2.16. The van der Waals surface area contributed by atoms with Gasteiger partial charge < -0.3 is 14.6 Å². The summed E-state index contributed by atoms with van der Waals surface area (Å²) in [6.07, 6.45) is 1.43. The van der Waals surface area contributed by atoms with Crippen molar-refractivity contribution >= 4 is 17.5 Å². The molecule has 2 amide bonds. The number of benzene rings is 1. The molecule has 1 aromatic heterocycles. The van der Waals surface area contributed by atoms with E-state index in [2.05, 4.69) is 5.32 Å². The van der Waals surface area contributed by atoms with Crippen molar-refractivity contribution in [3.63, 3.8) is 0 Å². The zero-order chi connectivity index (χ0) is 15.4. The number of hydrogen-bond acceptors (Lipinski definition) is 3. The van der Waals surface area contributed by atoms with Crippen LogP contribution in [0.2, 0.25) is 0 Å². The van der Waals surface area contributed by atoms with Gasteiger partial charge in [0, 0.05) is 12.7 Å².